The molecule has 1 aromatic carbocycles. The van der Waals surface area contributed by atoms with Crippen LogP contribution in [0.4, 0.5) is 5.69 Å². The zero-order valence-electron chi connectivity index (χ0n) is 16.4. The van der Waals surface area contributed by atoms with Gasteiger partial charge in [0, 0.05) is 19.0 Å². The second-order valence-electron chi connectivity index (χ2n) is 7.45. The minimum Gasteiger partial charge on any atom is -0.460 e. The fourth-order valence-electron chi connectivity index (χ4n) is 3.79. The maximum atomic E-state index is 12.9. The number of benzene rings is 1. The first-order valence-electron chi connectivity index (χ1n) is 9.78. The Bertz CT molecular complexity index is 1070. The lowest BCUT2D eigenvalue weighted by molar-refractivity contribution is -0.133. The lowest BCUT2D eigenvalue weighted by Crippen LogP contribution is -2.42. The molecule has 150 valence electrons. The molecule has 4 rings (SSSR count). The predicted octanol–water partition coefficient (Wildman–Crippen LogP) is 2.80. The van der Waals surface area contributed by atoms with E-state index in [1.54, 1.807) is 6.07 Å². The van der Waals surface area contributed by atoms with Crippen molar-refractivity contribution in [3.63, 3.8) is 0 Å². The van der Waals surface area contributed by atoms with Gasteiger partial charge in [0.2, 0.25) is 5.91 Å². The Kier molecular flexibility index (Phi) is 5.20. The van der Waals surface area contributed by atoms with Gasteiger partial charge in [0.05, 0.1) is 0 Å². The number of amides is 1. The molecule has 0 aliphatic carbocycles. The standard InChI is InChI=1S/C22H24N4O3/c1-15-9-10-20(29-15)19-12-18(23)22(28)26(24-19)14-21(27)25-11-5-8-17(13-25)16-6-3-2-4-7-16/h2-4,6-7,9-10,12,17H,5,8,11,13-14,23H2,1H3. The van der Waals surface area contributed by atoms with E-state index in [0.717, 1.165) is 23.3 Å². The zero-order chi connectivity index (χ0) is 20.4. The highest BCUT2D eigenvalue weighted by molar-refractivity contribution is 5.76. The molecule has 0 radical (unpaired) electrons. The molecule has 1 fully saturated rings. The van der Waals surface area contributed by atoms with Crippen molar-refractivity contribution in [3.05, 3.63) is 70.2 Å². The Morgan fingerprint density at radius 1 is 1.24 bits per heavy atom. The van der Waals surface area contributed by atoms with Crippen LogP contribution in [0.15, 0.2) is 57.7 Å². The summed E-state index contributed by atoms with van der Waals surface area (Å²) >= 11 is 0. The number of nitrogen functional groups attached to an aromatic ring is 1. The van der Waals surface area contributed by atoms with Crippen LogP contribution in [0, 0.1) is 6.92 Å². The van der Waals surface area contributed by atoms with Gasteiger partial charge in [-0.15, -0.1) is 0 Å². The van der Waals surface area contributed by atoms with Crippen LogP contribution in [0.2, 0.25) is 0 Å². The van der Waals surface area contributed by atoms with Crippen LogP contribution in [0.3, 0.4) is 0 Å². The van der Waals surface area contributed by atoms with Crippen LogP contribution in [0.5, 0.6) is 0 Å². The van der Waals surface area contributed by atoms with Crippen molar-refractivity contribution in [1.29, 1.82) is 0 Å². The molecule has 1 amide bonds. The summed E-state index contributed by atoms with van der Waals surface area (Å²) in [4.78, 5) is 27.2. The summed E-state index contributed by atoms with van der Waals surface area (Å²) < 4.78 is 6.71. The molecule has 0 saturated carbocycles. The van der Waals surface area contributed by atoms with Crippen LogP contribution >= 0.6 is 0 Å². The van der Waals surface area contributed by atoms with Gasteiger partial charge in [-0.3, -0.25) is 9.59 Å². The largest absolute Gasteiger partial charge is 0.460 e. The number of hydrogen-bond donors (Lipinski definition) is 1. The number of aromatic nitrogens is 2. The van der Waals surface area contributed by atoms with Crippen molar-refractivity contribution in [2.24, 2.45) is 0 Å². The van der Waals surface area contributed by atoms with Crippen molar-refractivity contribution in [2.45, 2.75) is 32.2 Å². The second-order valence-corrected chi connectivity index (χ2v) is 7.45. The molecule has 0 bridgehead atoms. The molecule has 3 aromatic rings. The smallest absolute Gasteiger partial charge is 0.290 e. The fraction of sp³-hybridized carbons (Fsp3) is 0.318. The van der Waals surface area contributed by atoms with E-state index in [9.17, 15) is 9.59 Å². The Hall–Kier alpha value is -3.35. The average molecular weight is 392 g/mol. The highest BCUT2D eigenvalue weighted by Gasteiger charge is 2.25. The molecular weight excluding hydrogens is 368 g/mol. The second kappa shape index (κ2) is 7.95. The third-order valence-electron chi connectivity index (χ3n) is 5.32. The number of nitrogens with two attached hydrogens (primary N) is 1. The number of carbonyl (C=O) groups is 1. The average Bonchev–Trinajstić information content (AvgIpc) is 3.18. The molecule has 7 nitrogen and oxygen atoms in total. The topological polar surface area (TPSA) is 94.4 Å². The molecule has 1 unspecified atom stereocenters. The van der Waals surface area contributed by atoms with Crippen LogP contribution < -0.4 is 11.3 Å². The molecule has 3 heterocycles. The number of likely N-dealkylation sites (tertiary alicyclic amines) is 1. The molecule has 1 aliphatic rings. The maximum absolute atomic E-state index is 12.9. The third-order valence-corrected chi connectivity index (χ3v) is 5.32. The highest BCUT2D eigenvalue weighted by atomic mass is 16.3. The number of furan rings is 1. The van der Waals surface area contributed by atoms with Crippen LogP contribution in [0.1, 0.15) is 30.1 Å². The molecule has 1 saturated heterocycles. The van der Waals surface area contributed by atoms with Crippen molar-refractivity contribution < 1.29 is 9.21 Å². The number of rotatable bonds is 4. The third kappa shape index (κ3) is 4.08. The maximum Gasteiger partial charge on any atom is 0.290 e. The molecule has 2 N–H and O–H groups in total. The van der Waals surface area contributed by atoms with Crippen molar-refractivity contribution >= 4 is 11.6 Å². The monoisotopic (exact) mass is 392 g/mol. The van der Waals surface area contributed by atoms with E-state index < -0.39 is 5.56 Å². The molecule has 1 aliphatic heterocycles. The highest BCUT2D eigenvalue weighted by Crippen LogP contribution is 2.27. The van der Waals surface area contributed by atoms with Gasteiger partial charge in [0.1, 0.15) is 23.7 Å². The van der Waals surface area contributed by atoms with E-state index >= 15 is 0 Å². The molecule has 7 heteroatoms. The molecule has 0 spiro atoms. The normalized spacial score (nSPS) is 16.7. The van der Waals surface area contributed by atoms with Gasteiger partial charge in [0.15, 0.2) is 5.76 Å². The molecule has 29 heavy (non-hydrogen) atoms. The van der Waals surface area contributed by atoms with Crippen LogP contribution in [-0.4, -0.2) is 33.7 Å². The summed E-state index contributed by atoms with van der Waals surface area (Å²) in [6, 6.07) is 15.3. The van der Waals surface area contributed by atoms with Crippen LogP contribution in [-0.2, 0) is 11.3 Å². The van der Waals surface area contributed by atoms with E-state index in [1.165, 1.54) is 11.6 Å². The first kappa shape index (κ1) is 19.0. The predicted molar refractivity (Wildman–Crippen MR) is 110 cm³/mol. The van der Waals surface area contributed by atoms with E-state index in [-0.39, 0.29) is 18.1 Å². The number of piperidine rings is 1. The summed E-state index contributed by atoms with van der Waals surface area (Å²) in [5.41, 5.74) is 7.12. The quantitative estimate of drug-likeness (QED) is 0.737. The molecule has 2 aromatic heterocycles. The number of nitrogens with zero attached hydrogens (tertiary/aromatic N) is 3. The summed E-state index contributed by atoms with van der Waals surface area (Å²) in [7, 11) is 0. The lowest BCUT2D eigenvalue weighted by atomic mass is 9.90. The number of aryl methyl sites for hydroxylation is 1. The van der Waals surface area contributed by atoms with Gasteiger partial charge in [-0.05, 0) is 43.5 Å². The summed E-state index contributed by atoms with van der Waals surface area (Å²) in [5, 5.41) is 4.31. The van der Waals surface area contributed by atoms with E-state index in [4.69, 9.17) is 10.2 Å². The summed E-state index contributed by atoms with van der Waals surface area (Å²) in [6.07, 6.45) is 1.98. The summed E-state index contributed by atoms with van der Waals surface area (Å²) in [5.74, 6) is 1.42. The van der Waals surface area contributed by atoms with Crippen molar-refractivity contribution in [1.82, 2.24) is 14.7 Å². The van der Waals surface area contributed by atoms with E-state index in [2.05, 4.69) is 17.2 Å². The molecule has 1 atom stereocenters. The Labute approximate surface area is 168 Å². The first-order chi connectivity index (χ1) is 14.0. The number of carbonyl (C=O) groups excluding carboxylic acids is 1. The van der Waals surface area contributed by atoms with Gasteiger partial charge in [-0.25, -0.2) is 4.68 Å². The Morgan fingerprint density at radius 2 is 2.03 bits per heavy atom. The van der Waals surface area contributed by atoms with E-state index in [1.807, 2.05) is 36.1 Å². The first-order valence-corrected chi connectivity index (χ1v) is 9.78. The molecular formula is C22H24N4O3. The van der Waals surface area contributed by atoms with Gasteiger partial charge in [-0.1, -0.05) is 30.3 Å². The van der Waals surface area contributed by atoms with Gasteiger partial charge >= 0.3 is 0 Å². The van der Waals surface area contributed by atoms with Gasteiger partial charge in [0.25, 0.3) is 5.56 Å². The van der Waals surface area contributed by atoms with Gasteiger partial charge in [-0.2, -0.15) is 5.10 Å². The Balaban J connectivity index is 1.53. The van der Waals surface area contributed by atoms with Crippen molar-refractivity contribution in [2.75, 3.05) is 18.8 Å². The number of hydrogen-bond acceptors (Lipinski definition) is 5. The minimum absolute atomic E-state index is 0.0395. The van der Waals surface area contributed by atoms with Gasteiger partial charge < -0.3 is 15.1 Å². The minimum atomic E-state index is -0.470. The fourth-order valence-corrected chi connectivity index (χ4v) is 3.79. The SMILES string of the molecule is Cc1ccc(-c2cc(N)c(=O)n(CC(=O)N3CCCC(c4ccccc4)C3)n2)o1. The summed E-state index contributed by atoms with van der Waals surface area (Å²) in [6.45, 7) is 3.01. The lowest BCUT2D eigenvalue weighted by Gasteiger charge is -2.33. The van der Waals surface area contributed by atoms with Crippen LogP contribution in [0.25, 0.3) is 11.5 Å². The van der Waals surface area contributed by atoms with Crippen molar-refractivity contribution in [3.8, 4) is 11.5 Å². The zero-order valence-corrected chi connectivity index (χ0v) is 16.4. The Morgan fingerprint density at radius 3 is 2.76 bits per heavy atom. The van der Waals surface area contributed by atoms with E-state index in [0.29, 0.717) is 30.5 Å². The number of anilines is 1.